The fraction of sp³-hybridized carbons (Fsp3) is 0.148. The van der Waals surface area contributed by atoms with E-state index in [2.05, 4.69) is 20.7 Å². The molecular formula is C27H20BrF4NO3. The number of hydrogen-bond donors (Lipinski definition) is 0. The summed E-state index contributed by atoms with van der Waals surface area (Å²) < 4.78 is 67.3. The molecule has 3 aromatic carbocycles. The molecule has 4 nitrogen and oxygen atoms in total. The van der Waals surface area contributed by atoms with Crippen LogP contribution in [0.1, 0.15) is 27.2 Å². The lowest BCUT2D eigenvalue weighted by Crippen LogP contribution is -2.11. The van der Waals surface area contributed by atoms with Crippen LogP contribution < -0.4 is 4.74 Å². The van der Waals surface area contributed by atoms with E-state index >= 15 is 0 Å². The van der Waals surface area contributed by atoms with Crippen molar-refractivity contribution in [1.29, 1.82) is 0 Å². The Morgan fingerprint density at radius 1 is 0.972 bits per heavy atom. The summed E-state index contributed by atoms with van der Waals surface area (Å²) in [6.45, 7) is 1.90. The van der Waals surface area contributed by atoms with Gasteiger partial charge in [-0.1, -0.05) is 28.1 Å². The minimum atomic E-state index is -4.67. The van der Waals surface area contributed by atoms with E-state index in [0.29, 0.717) is 22.7 Å². The molecule has 4 aromatic rings. The number of ether oxygens (including phenoxy) is 2. The summed E-state index contributed by atoms with van der Waals surface area (Å²) in [6, 6.07) is 17.8. The maximum absolute atomic E-state index is 13.7. The van der Waals surface area contributed by atoms with E-state index in [1.54, 1.807) is 54.0 Å². The molecule has 0 saturated carbocycles. The van der Waals surface area contributed by atoms with Crippen molar-refractivity contribution in [3.05, 3.63) is 105 Å². The molecule has 0 atom stereocenters. The van der Waals surface area contributed by atoms with Gasteiger partial charge in [0.2, 0.25) is 0 Å². The topological polar surface area (TPSA) is 40.5 Å². The van der Waals surface area contributed by atoms with E-state index in [9.17, 15) is 22.4 Å². The normalized spacial score (nSPS) is 11.4. The Morgan fingerprint density at radius 2 is 1.69 bits per heavy atom. The van der Waals surface area contributed by atoms with Crippen molar-refractivity contribution < 1.29 is 31.8 Å². The van der Waals surface area contributed by atoms with E-state index < -0.39 is 17.7 Å². The average Bonchev–Trinajstić information content (AvgIpc) is 3.23. The van der Waals surface area contributed by atoms with Crippen molar-refractivity contribution in [2.45, 2.75) is 19.7 Å². The van der Waals surface area contributed by atoms with Crippen LogP contribution in [0.15, 0.2) is 77.3 Å². The van der Waals surface area contributed by atoms with E-state index in [4.69, 9.17) is 4.74 Å². The van der Waals surface area contributed by atoms with Gasteiger partial charge in [-0.3, -0.25) is 0 Å². The molecule has 0 N–H and O–H groups in total. The molecule has 0 radical (unpaired) electrons. The first kappa shape index (κ1) is 25.5. The Morgan fingerprint density at radius 3 is 2.36 bits per heavy atom. The largest absolute Gasteiger partial charge is 0.488 e. The Bertz CT molecular complexity index is 1410. The molecule has 0 spiro atoms. The molecule has 0 fully saturated rings. The van der Waals surface area contributed by atoms with Crippen molar-refractivity contribution in [1.82, 2.24) is 4.57 Å². The second-order valence-electron chi connectivity index (χ2n) is 8.01. The molecule has 0 aliphatic carbocycles. The Hall–Kier alpha value is -3.59. The Balaban J connectivity index is 1.82. The number of aromatic nitrogens is 1. The third-order valence-corrected chi connectivity index (χ3v) is 6.02. The highest BCUT2D eigenvalue weighted by Crippen LogP contribution is 2.38. The zero-order valence-corrected chi connectivity index (χ0v) is 20.8. The zero-order valence-electron chi connectivity index (χ0n) is 19.2. The number of hydrogen-bond acceptors (Lipinski definition) is 3. The van der Waals surface area contributed by atoms with Crippen LogP contribution in [0.3, 0.4) is 0 Å². The van der Waals surface area contributed by atoms with Crippen molar-refractivity contribution in [3.63, 3.8) is 0 Å². The van der Waals surface area contributed by atoms with E-state index in [1.807, 2.05) is 0 Å². The molecule has 0 amide bonds. The summed E-state index contributed by atoms with van der Waals surface area (Å²) in [5.74, 6) is -0.767. The summed E-state index contributed by atoms with van der Waals surface area (Å²) in [5, 5.41) is 0. The number of halogens is 5. The van der Waals surface area contributed by atoms with Crippen LogP contribution in [-0.4, -0.2) is 17.6 Å². The molecule has 0 saturated heterocycles. The van der Waals surface area contributed by atoms with Gasteiger partial charge in [-0.15, -0.1) is 0 Å². The third kappa shape index (κ3) is 5.46. The number of methoxy groups -OCH3 is 1. The molecule has 4 rings (SSSR count). The van der Waals surface area contributed by atoms with Crippen molar-refractivity contribution in [3.8, 4) is 22.7 Å². The van der Waals surface area contributed by atoms with Crippen LogP contribution in [0.25, 0.3) is 16.9 Å². The molecule has 36 heavy (non-hydrogen) atoms. The predicted molar refractivity (Wildman–Crippen MR) is 131 cm³/mol. The molecule has 0 unspecified atom stereocenters. The van der Waals surface area contributed by atoms with E-state index in [1.165, 1.54) is 18.2 Å². The van der Waals surface area contributed by atoms with Crippen molar-refractivity contribution >= 4 is 21.9 Å². The number of esters is 1. The highest BCUT2D eigenvalue weighted by molar-refractivity contribution is 9.10. The highest BCUT2D eigenvalue weighted by atomic mass is 79.9. The van der Waals surface area contributed by atoms with Crippen LogP contribution >= 0.6 is 15.9 Å². The van der Waals surface area contributed by atoms with Gasteiger partial charge in [-0.05, 0) is 73.2 Å². The fourth-order valence-electron chi connectivity index (χ4n) is 3.80. The molecule has 1 heterocycles. The Kier molecular flexibility index (Phi) is 7.21. The second kappa shape index (κ2) is 10.2. The molecular weight excluding hydrogens is 542 g/mol. The quantitative estimate of drug-likeness (QED) is 0.178. The second-order valence-corrected chi connectivity index (χ2v) is 8.92. The van der Waals surface area contributed by atoms with Gasteiger partial charge in [-0.2, -0.15) is 13.2 Å². The summed E-state index contributed by atoms with van der Waals surface area (Å²) in [5.41, 5.74) is 1.53. The summed E-state index contributed by atoms with van der Waals surface area (Å²) >= 11 is 3.43. The number of aryl methyl sites for hydroxylation is 1. The lowest BCUT2D eigenvalue weighted by atomic mass is 10.1. The fourth-order valence-corrected chi connectivity index (χ4v) is 4.14. The minimum Gasteiger partial charge on any atom is -0.488 e. The number of alkyl halides is 3. The molecule has 9 heteroatoms. The van der Waals surface area contributed by atoms with Crippen LogP contribution in [0.4, 0.5) is 17.6 Å². The van der Waals surface area contributed by atoms with Gasteiger partial charge >= 0.3 is 12.1 Å². The van der Waals surface area contributed by atoms with Crippen molar-refractivity contribution in [2.24, 2.45) is 0 Å². The molecule has 186 valence electrons. The Labute approximate surface area is 213 Å². The monoisotopic (exact) mass is 561 g/mol. The predicted octanol–water partition coefficient (Wildman–Crippen LogP) is 7.74. The molecule has 0 bridgehead atoms. The van der Waals surface area contributed by atoms with Crippen LogP contribution in [-0.2, 0) is 17.5 Å². The van der Waals surface area contributed by atoms with Gasteiger partial charge in [0.1, 0.15) is 18.2 Å². The third-order valence-electron chi connectivity index (χ3n) is 5.53. The summed E-state index contributed by atoms with van der Waals surface area (Å²) in [7, 11) is 1.11. The summed E-state index contributed by atoms with van der Waals surface area (Å²) in [6.07, 6.45) is -4.67. The van der Waals surface area contributed by atoms with Gasteiger partial charge in [0.25, 0.3) is 0 Å². The minimum absolute atomic E-state index is 0.148. The van der Waals surface area contributed by atoms with Gasteiger partial charge in [0.15, 0.2) is 0 Å². The molecule has 1 aromatic heterocycles. The first-order valence-electron chi connectivity index (χ1n) is 10.7. The number of benzene rings is 3. The first-order chi connectivity index (χ1) is 17.1. The first-order valence-corrected chi connectivity index (χ1v) is 11.5. The van der Waals surface area contributed by atoms with Gasteiger partial charge in [0.05, 0.1) is 23.9 Å². The number of nitrogens with zero attached hydrogens (tertiary/aromatic N) is 1. The van der Waals surface area contributed by atoms with Crippen LogP contribution in [0.2, 0.25) is 0 Å². The standard InChI is InChI=1S/C27H20BrF4NO3/c1-16-3-10-24(33(16)22-12-18(26(34)35-2)11-19(13-22)27(30,31)32)23-9-6-20(28)14-25(23)36-15-17-4-7-21(29)8-5-17/h3-14H,15H2,1-2H3. The van der Waals surface area contributed by atoms with E-state index in [0.717, 1.165) is 29.3 Å². The maximum Gasteiger partial charge on any atom is 0.416 e. The number of rotatable bonds is 6. The summed E-state index contributed by atoms with van der Waals surface area (Å²) in [4.78, 5) is 12.1. The van der Waals surface area contributed by atoms with Crippen LogP contribution in [0.5, 0.6) is 5.75 Å². The van der Waals surface area contributed by atoms with E-state index in [-0.39, 0.29) is 23.7 Å². The van der Waals surface area contributed by atoms with Gasteiger partial charge < -0.3 is 14.0 Å². The van der Waals surface area contributed by atoms with Crippen LogP contribution in [0, 0.1) is 12.7 Å². The van der Waals surface area contributed by atoms with Gasteiger partial charge in [0, 0.05) is 21.4 Å². The molecule has 0 aliphatic heterocycles. The lowest BCUT2D eigenvalue weighted by molar-refractivity contribution is -0.137. The smallest absolute Gasteiger partial charge is 0.416 e. The maximum atomic E-state index is 13.7. The SMILES string of the molecule is COC(=O)c1cc(-n2c(C)ccc2-c2ccc(Br)cc2OCc2ccc(F)cc2)cc(C(F)(F)F)c1. The molecule has 0 aliphatic rings. The van der Waals surface area contributed by atoms with Crippen molar-refractivity contribution in [2.75, 3.05) is 7.11 Å². The zero-order chi connectivity index (χ0) is 26.0. The lowest BCUT2D eigenvalue weighted by Gasteiger charge is -2.18. The number of carbonyl (C=O) groups is 1. The highest BCUT2D eigenvalue weighted by Gasteiger charge is 2.32. The number of carbonyl (C=O) groups excluding carboxylic acids is 1. The average molecular weight is 562 g/mol. The van der Waals surface area contributed by atoms with Gasteiger partial charge in [-0.25, -0.2) is 9.18 Å².